The van der Waals surface area contributed by atoms with Crippen LogP contribution < -0.4 is 10.6 Å². The van der Waals surface area contributed by atoms with Crippen LogP contribution in [0.3, 0.4) is 0 Å². The largest absolute Gasteiger partial charge is 0.357 e. The van der Waals surface area contributed by atoms with Gasteiger partial charge in [-0.25, -0.2) is 4.99 Å². The number of aromatic nitrogens is 2. The van der Waals surface area contributed by atoms with E-state index in [-0.39, 0.29) is 24.0 Å². The summed E-state index contributed by atoms with van der Waals surface area (Å²) >= 11 is 0. The normalized spacial score (nSPS) is 11.2. The second-order valence-electron chi connectivity index (χ2n) is 6.07. The fourth-order valence-corrected chi connectivity index (χ4v) is 2.78. The van der Waals surface area contributed by atoms with Gasteiger partial charge in [0.2, 0.25) is 0 Å². The van der Waals surface area contributed by atoms with E-state index in [1.54, 1.807) is 0 Å². The van der Waals surface area contributed by atoms with Gasteiger partial charge in [0, 0.05) is 25.8 Å². The summed E-state index contributed by atoms with van der Waals surface area (Å²) in [5, 5.41) is 11.2. The Bertz CT molecular complexity index is 706. The maximum absolute atomic E-state index is 4.70. The van der Waals surface area contributed by atoms with E-state index >= 15 is 0 Å². The third-order valence-electron chi connectivity index (χ3n) is 4.34. The molecule has 2 aromatic rings. The molecule has 1 heterocycles. The number of guanidine groups is 1. The van der Waals surface area contributed by atoms with Crippen molar-refractivity contribution in [3.8, 4) is 0 Å². The van der Waals surface area contributed by atoms with Gasteiger partial charge >= 0.3 is 0 Å². The van der Waals surface area contributed by atoms with Gasteiger partial charge in [-0.3, -0.25) is 4.68 Å². The van der Waals surface area contributed by atoms with Crippen molar-refractivity contribution >= 4 is 29.9 Å². The van der Waals surface area contributed by atoms with E-state index in [2.05, 4.69) is 67.7 Å². The minimum atomic E-state index is 0. The molecule has 25 heavy (non-hydrogen) atoms. The number of aliphatic imine (C=N–C) groups is 1. The first-order valence-corrected chi connectivity index (χ1v) is 8.58. The second kappa shape index (κ2) is 10.4. The topological polar surface area (TPSA) is 54.2 Å². The van der Waals surface area contributed by atoms with E-state index in [4.69, 9.17) is 4.99 Å². The van der Waals surface area contributed by atoms with Crippen LogP contribution in [-0.4, -0.2) is 28.8 Å². The molecule has 0 unspecified atom stereocenters. The van der Waals surface area contributed by atoms with Crippen LogP contribution in [0.5, 0.6) is 0 Å². The van der Waals surface area contributed by atoms with Gasteiger partial charge in [0.25, 0.3) is 0 Å². The molecule has 0 radical (unpaired) electrons. The third-order valence-corrected chi connectivity index (χ3v) is 4.34. The molecule has 0 aliphatic carbocycles. The molecule has 0 saturated heterocycles. The first-order valence-electron chi connectivity index (χ1n) is 8.58. The van der Waals surface area contributed by atoms with E-state index in [9.17, 15) is 0 Å². The average Bonchev–Trinajstić information content (AvgIpc) is 2.80. The molecular weight excluding hydrogens is 425 g/mol. The number of hydrogen-bond donors (Lipinski definition) is 2. The number of nitrogens with zero attached hydrogens (tertiary/aromatic N) is 3. The van der Waals surface area contributed by atoms with Crippen LogP contribution in [-0.2, 0) is 20.0 Å². The van der Waals surface area contributed by atoms with Crippen LogP contribution in [0.1, 0.15) is 35.0 Å². The number of benzene rings is 1. The van der Waals surface area contributed by atoms with E-state index in [0.717, 1.165) is 31.2 Å². The summed E-state index contributed by atoms with van der Waals surface area (Å²) in [4.78, 5) is 4.70. The van der Waals surface area contributed by atoms with Crippen LogP contribution in [0.15, 0.2) is 29.3 Å². The second-order valence-corrected chi connectivity index (χ2v) is 6.07. The van der Waals surface area contributed by atoms with Gasteiger partial charge in [0.1, 0.15) is 0 Å². The molecule has 5 nitrogen and oxygen atoms in total. The van der Waals surface area contributed by atoms with Crippen LogP contribution in [0, 0.1) is 20.8 Å². The van der Waals surface area contributed by atoms with Crippen molar-refractivity contribution in [2.75, 3.05) is 13.1 Å². The molecular formula is C19H30IN5. The summed E-state index contributed by atoms with van der Waals surface area (Å²) in [6, 6.07) is 8.38. The van der Waals surface area contributed by atoms with Crippen molar-refractivity contribution in [1.82, 2.24) is 20.4 Å². The summed E-state index contributed by atoms with van der Waals surface area (Å²) in [5.74, 6) is 0.861. The van der Waals surface area contributed by atoms with Crippen LogP contribution in [0.2, 0.25) is 0 Å². The Kier molecular flexibility index (Phi) is 8.96. The minimum Gasteiger partial charge on any atom is -0.357 e. The third kappa shape index (κ3) is 6.02. The highest BCUT2D eigenvalue weighted by Crippen LogP contribution is 2.12. The average molecular weight is 455 g/mol. The maximum Gasteiger partial charge on any atom is 0.191 e. The molecule has 0 saturated carbocycles. The SMILES string of the molecule is CCNC(=NCc1ccccc1C)NCCc1c(C)nn(C)c1C.I. The van der Waals surface area contributed by atoms with E-state index in [1.807, 2.05) is 11.7 Å². The van der Waals surface area contributed by atoms with Gasteiger partial charge in [-0.05, 0) is 50.8 Å². The summed E-state index contributed by atoms with van der Waals surface area (Å²) < 4.78 is 1.95. The molecule has 2 rings (SSSR count). The molecule has 138 valence electrons. The monoisotopic (exact) mass is 455 g/mol. The molecule has 0 aliphatic heterocycles. The number of nitrogens with one attached hydrogen (secondary N) is 2. The summed E-state index contributed by atoms with van der Waals surface area (Å²) in [6.07, 6.45) is 0.945. The van der Waals surface area contributed by atoms with Gasteiger partial charge in [-0.1, -0.05) is 24.3 Å². The molecule has 0 bridgehead atoms. The molecule has 1 aromatic heterocycles. The first-order chi connectivity index (χ1) is 11.5. The Morgan fingerprint density at radius 3 is 2.48 bits per heavy atom. The van der Waals surface area contributed by atoms with E-state index < -0.39 is 0 Å². The van der Waals surface area contributed by atoms with Crippen molar-refractivity contribution in [3.63, 3.8) is 0 Å². The Morgan fingerprint density at radius 2 is 1.88 bits per heavy atom. The highest BCUT2D eigenvalue weighted by Gasteiger charge is 2.09. The minimum absolute atomic E-state index is 0. The lowest BCUT2D eigenvalue weighted by molar-refractivity contribution is 0.729. The van der Waals surface area contributed by atoms with Crippen molar-refractivity contribution in [2.45, 2.75) is 40.7 Å². The van der Waals surface area contributed by atoms with Gasteiger partial charge in [-0.2, -0.15) is 5.10 Å². The lowest BCUT2D eigenvalue weighted by atomic mass is 10.1. The number of aryl methyl sites for hydroxylation is 3. The summed E-state index contributed by atoms with van der Waals surface area (Å²) in [7, 11) is 1.99. The predicted octanol–water partition coefficient (Wildman–Crippen LogP) is 3.26. The van der Waals surface area contributed by atoms with Gasteiger partial charge in [0.15, 0.2) is 5.96 Å². The molecule has 2 N–H and O–H groups in total. The Labute approximate surface area is 168 Å². The molecule has 0 fully saturated rings. The van der Waals surface area contributed by atoms with Crippen molar-refractivity contribution in [2.24, 2.45) is 12.0 Å². The number of rotatable bonds is 6. The Balaban J connectivity index is 0.00000312. The van der Waals surface area contributed by atoms with Gasteiger partial charge in [-0.15, -0.1) is 24.0 Å². The van der Waals surface area contributed by atoms with E-state index in [0.29, 0.717) is 6.54 Å². The summed E-state index contributed by atoms with van der Waals surface area (Å²) in [5.41, 5.74) is 6.20. The maximum atomic E-state index is 4.70. The molecule has 0 spiro atoms. The highest BCUT2D eigenvalue weighted by molar-refractivity contribution is 14.0. The predicted molar refractivity (Wildman–Crippen MR) is 116 cm³/mol. The molecule has 1 aromatic carbocycles. The number of halogens is 1. The number of hydrogen-bond acceptors (Lipinski definition) is 2. The fraction of sp³-hybridized carbons (Fsp3) is 0.474. The zero-order valence-corrected chi connectivity index (χ0v) is 18.2. The van der Waals surface area contributed by atoms with Crippen molar-refractivity contribution < 1.29 is 0 Å². The quantitative estimate of drug-likeness (QED) is 0.400. The van der Waals surface area contributed by atoms with Crippen molar-refractivity contribution in [1.29, 1.82) is 0 Å². The lowest BCUT2D eigenvalue weighted by Gasteiger charge is -2.12. The highest BCUT2D eigenvalue weighted by atomic mass is 127. The van der Waals surface area contributed by atoms with E-state index in [1.165, 1.54) is 22.4 Å². The molecule has 6 heteroatoms. The molecule has 0 aliphatic rings. The van der Waals surface area contributed by atoms with Gasteiger partial charge < -0.3 is 10.6 Å². The van der Waals surface area contributed by atoms with Crippen LogP contribution in [0.25, 0.3) is 0 Å². The lowest BCUT2D eigenvalue weighted by Crippen LogP contribution is -2.38. The first kappa shape index (κ1) is 21.5. The van der Waals surface area contributed by atoms with Crippen LogP contribution >= 0.6 is 24.0 Å². The zero-order chi connectivity index (χ0) is 17.5. The summed E-state index contributed by atoms with van der Waals surface area (Å²) in [6.45, 7) is 10.8. The molecule has 0 atom stereocenters. The fourth-order valence-electron chi connectivity index (χ4n) is 2.78. The molecule has 0 amide bonds. The zero-order valence-electron chi connectivity index (χ0n) is 15.9. The Morgan fingerprint density at radius 1 is 1.16 bits per heavy atom. The van der Waals surface area contributed by atoms with Crippen LogP contribution in [0.4, 0.5) is 0 Å². The Hall–Kier alpha value is -1.57. The smallest absolute Gasteiger partial charge is 0.191 e. The van der Waals surface area contributed by atoms with Crippen molar-refractivity contribution in [3.05, 3.63) is 52.3 Å². The van der Waals surface area contributed by atoms with Gasteiger partial charge in [0.05, 0.1) is 12.2 Å². The standard InChI is InChI=1S/C19H29N5.HI/c1-6-20-19(22-13-17-10-8-7-9-14(17)2)21-12-11-18-15(3)23-24(5)16(18)4;/h7-10H,6,11-13H2,1-5H3,(H2,20,21,22);1H.